The lowest BCUT2D eigenvalue weighted by atomic mass is 10.2. The summed E-state index contributed by atoms with van der Waals surface area (Å²) in [5.41, 5.74) is 2.54. The van der Waals surface area contributed by atoms with Crippen molar-refractivity contribution in [3.8, 4) is 11.6 Å². The summed E-state index contributed by atoms with van der Waals surface area (Å²) in [6.07, 6.45) is 3.39. The molecule has 0 aliphatic rings. The molecule has 5 heteroatoms. The second kappa shape index (κ2) is 4.31. The van der Waals surface area contributed by atoms with Crippen molar-refractivity contribution >= 4 is 21.9 Å². The van der Waals surface area contributed by atoms with E-state index in [1.165, 1.54) is 0 Å². The fourth-order valence-corrected chi connectivity index (χ4v) is 2.09. The summed E-state index contributed by atoms with van der Waals surface area (Å²) in [7, 11) is 0. The molecule has 0 spiro atoms. The molecule has 0 unspecified atom stereocenters. The van der Waals surface area contributed by atoms with Crippen LogP contribution in [0.15, 0.2) is 54.9 Å². The zero-order valence-electron chi connectivity index (χ0n) is 10.4. The molecule has 4 rings (SSSR count). The molecule has 0 amide bonds. The Labute approximate surface area is 114 Å². The van der Waals surface area contributed by atoms with Gasteiger partial charge in [-0.2, -0.15) is 5.10 Å². The summed E-state index contributed by atoms with van der Waals surface area (Å²) in [6.45, 7) is 0. The maximum atomic E-state index is 5.68. The molecular formula is C15H10N4O. The van der Waals surface area contributed by atoms with Gasteiger partial charge in [0.25, 0.3) is 0 Å². The Morgan fingerprint density at radius 3 is 2.75 bits per heavy atom. The van der Waals surface area contributed by atoms with Crippen LogP contribution in [0.5, 0.6) is 11.6 Å². The fraction of sp³-hybridized carbons (Fsp3) is 0. The Balaban J connectivity index is 1.79. The van der Waals surface area contributed by atoms with Gasteiger partial charge in [0.2, 0.25) is 5.88 Å². The second-order valence-corrected chi connectivity index (χ2v) is 4.42. The standard InChI is InChI=1S/C15H10N4O/c1-2-4-11(5-3-1)20-15-9-16-13-7-12-10(8-17-19-12)6-14(13)18-15/h1-9H,(H,17,19). The Hall–Kier alpha value is -2.95. The topological polar surface area (TPSA) is 63.7 Å². The highest BCUT2D eigenvalue weighted by Crippen LogP contribution is 2.23. The number of benzene rings is 2. The van der Waals surface area contributed by atoms with E-state index in [0.29, 0.717) is 5.88 Å². The van der Waals surface area contributed by atoms with Gasteiger partial charge in [-0.3, -0.25) is 5.10 Å². The summed E-state index contributed by atoms with van der Waals surface area (Å²) in [5.74, 6) is 1.22. The molecule has 0 saturated heterocycles. The number of hydrogen-bond donors (Lipinski definition) is 1. The Morgan fingerprint density at radius 2 is 1.85 bits per heavy atom. The van der Waals surface area contributed by atoms with Crippen LogP contribution in [0.2, 0.25) is 0 Å². The van der Waals surface area contributed by atoms with E-state index < -0.39 is 0 Å². The maximum Gasteiger partial charge on any atom is 0.238 e. The van der Waals surface area contributed by atoms with E-state index in [0.717, 1.165) is 27.7 Å². The summed E-state index contributed by atoms with van der Waals surface area (Å²) in [5, 5.41) is 7.92. The van der Waals surface area contributed by atoms with E-state index in [2.05, 4.69) is 20.2 Å². The van der Waals surface area contributed by atoms with E-state index in [4.69, 9.17) is 4.74 Å². The molecule has 0 radical (unpaired) electrons. The van der Waals surface area contributed by atoms with Crippen LogP contribution in [0, 0.1) is 0 Å². The zero-order valence-corrected chi connectivity index (χ0v) is 10.4. The first-order chi connectivity index (χ1) is 9.88. The van der Waals surface area contributed by atoms with Crippen molar-refractivity contribution in [3.63, 3.8) is 0 Å². The first-order valence-corrected chi connectivity index (χ1v) is 6.21. The lowest BCUT2D eigenvalue weighted by Crippen LogP contribution is -1.90. The number of hydrogen-bond acceptors (Lipinski definition) is 4. The van der Waals surface area contributed by atoms with Gasteiger partial charge in [0.05, 0.1) is 28.9 Å². The van der Waals surface area contributed by atoms with E-state index in [9.17, 15) is 0 Å². The van der Waals surface area contributed by atoms with Gasteiger partial charge in [-0.1, -0.05) is 18.2 Å². The average Bonchev–Trinajstić information content (AvgIpc) is 2.93. The van der Waals surface area contributed by atoms with E-state index in [1.54, 1.807) is 12.4 Å². The molecule has 5 nitrogen and oxygen atoms in total. The number of aromatic amines is 1. The molecule has 0 bridgehead atoms. The Bertz CT molecular complexity index is 886. The molecule has 0 aliphatic carbocycles. The van der Waals surface area contributed by atoms with E-state index in [1.807, 2.05) is 42.5 Å². The molecule has 0 fully saturated rings. The summed E-state index contributed by atoms with van der Waals surface area (Å²) < 4.78 is 5.68. The fourth-order valence-electron chi connectivity index (χ4n) is 2.09. The lowest BCUT2D eigenvalue weighted by Gasteiger charge is -2.05. The van der Waals surface area contributed by atoms with Gasteiger partial charge in [-0.15, -0.1) is 0 Å². The van der Waals surface area contributed by atoms with Crippen LogP contribution in [0.3, 0.4) is 0 Å². The zero-order chi connectivity index (χ0) is 13.4. The smallest absolute Gasteiger partial charge is 0.238 e. The van der Waals surface area contributed by atoms with Crippen LogP contribution in [-0.4, -0.2) is 20.2 Å². The third kappa shape index (κ3) is 1.85. The van der Waals surface area contributed by atoms with Gasteiger partial charge in [0, 0.05) is 5.39 Å². The highest BCUT2D eigenvalue weighted by molar-refractivity contribution is 5.92. The van der Waals surface area contributed by atoms with Gasteiger partial charge >= 0.3 is 0 Å². The molecule has 96 valence electrons. The van der Waals surface area contributed by atoms with E-state index >= 15 is 0 Å². The first kappa shape index (κ1) is 10.9. The molecule has 0 saturated carbocycles. The van der Waals surface area contributed by atoms with Crippen molar-refractivity contribution in [2.45, 2.75) is 0 Å². The quantitative estimate of drug-likeness (QED) is 0.602. The van der Waals surface area contributed by atoms with Gasteiger partial charge in [-0.25, -0.2) is 9.97 Å². The summed E-state index contributed by atoms with van der Waals surface area (Å²) >= 11 is 0. The average molecular weight is 262 g/mol. The number of nitrogens with zero attached hydrogens (tertiary/aromatic N) is 3. The Morgan fingerprint density at radius 1 is 0.950 bits per heavy atom. The van der Waals surface area contributed by atoms with Crippen LogP contribution in [0.1, 0.15) is 0 Å². The number of aromatic nitrogens is 4. The number of nitrogens with one attached hydrogen (secondary N) is 1. The highest BCUT2D eigenvalue weighted by Gasteiger charge is 2.05. The number of ether oxygens (including phenoxy) is 1. The number of fused-ring (bicyclic) bond motifs is 2. The molecule has 2 aromatic carbocycles. The molecule has 0 aliphatic heterocycles. The molecule has 2 aromatic heterocycles. The molecule has 20 heavy (non-hydrogen) atoms. The highest BCUT2D eigenvalue weighted by atomic mass is 16.5. The number of H-pyrrole nitrogens is 1. The van der Waals surface area contributed by atoms with Crippen LogP contribution >= 0.6 is 0 Å². The summed E-state index contributed by atoms with van der Waals surface area (Å²) in [4.78, 5) is 8.85. The SMILES string of the molecule is c1ccc(Oc2cnc3cc4[nH]ncc4cc3n2)cc1. The summed E-state index contributed by atoms with van der Waals surface area (Å²) in [6, 6.07) is 13.4. The maximum absolute atomic E-state index is 5.68. The van der Waals surface area contributed by atoms with Gasteiger partial charge in [0.15, 0.2) is 0 Å². The largest absolute Gasteiger partial charge is 0.437 e. The molecule has 4 aromatic rings. The van der Waals surface area contributed by atoms with Crippen LogP contribution in [0.4, 0.5) is 0 Å². The minimum Gasteiger partial charge on any atom is -0.437 e. The van der Waals surface area contributed by atoms with Gasteiger partial charge in [-0.05, 0) is 24.3 Å². The molecular weight excluding hydrogens is 252 g/mol. The second-order valence-electron chi connectivity index (χ2n) is 4.42. The number of rotatable bonds is 2. The van der Waals surface area contributed by atoms with Crippen molar-refractivity contribution in [2.24, 2.45) is 0 Å². The minimum absolute atomic E-state index is 0.478. The molecule has 1 N–H and O–H groups in total. The van der Waals surface area contributed by atoms with Gasteiger partial charge in [0.1, 0.15) is 5.75 Å². The molecule has 0 atom stereocenters. The van der Waals surface area contributed by atoms with Crippen LogP contribution in [-0.2, 0) is 0 Å². The van der Waals surface area contributed by atoms with Crippen molar-refractivity contribution in [1.29, 1.82) is 0 Å². The minimum atomic E-state index is 0.478. The first-order valence-electron chi connectivity index (χ1n) is 6.21. The van der Waals surface area contributed by atoms with Crippen molar-refractivity contribution in [2.75, 3.05) is 0 Å². The monoisotopic (exact) mass is 262 g/mol. The predicted octanol–water partition coefficient (Wildman–Crippen LogP) is 3.30. The predicted molar refractivity (Wildman–Crippen MR) is 75.7 cm³/mol. The third-order valence-electron chi connectivity index (χ3n) is 3.05. The van der Waals surface area contributed by atoms with Crippen LogP contribution < -0.4 is 4.74 Å². The Kier molecular flexibility index (Phi) is 2.35. The third-order valence-corrected chi connectivity index (χ3v) is 3.05. The van der Waals surface area contributed by atoms with Crippen LogP contribution in [0.25, 0.3) is 21.9 Å². The van der Waals surface area contributed by atoms with Crippen molar-refractivity contribution in [1.82, 2.24) is 20.2 Å². The lowest BCUT2D eigenvalue weighted by molar-refractivity contribution is 0.463. The molecule has 2 heterocycles. The van der Waals surface area contributed by atoms with Gasteiger partial charge < -0.3 is 4.74 Å². The normalized spacial score (nSPS) is 11.0. The number of para-hydroxylation sites is 1. The van der Waals surface area contributed by atoms with Crippen molar-refractivity contribution < 1.29 is 4.74 Å². The van der Waals surface area contributed by atoms with E-state index in [-0.39, 0.29) is 0 Å². The van der Waals surface area contributed by atoms with Crippen molar-refractivity contribution in [3.05, 3.63) is 54.9 Å².